The van der Waals surface area contributed by atoms with E-state index in [9.17, 15) is 0 Å². The fourth-order valence-corrected chi connectivity index (χ4v) is 2.20. The van der Waals surface area contributed by atoms with Crippen LogP contribution >= 0.6 is 15.9 Å². The van der Waals surface area contributed by atoms with E-state index in [0.717, 1.165) is 22.2 Å². The van der Waals surface area contributed by atoms with Gasteiger partial charge in [0.25, 0.3) is 0 Å². The molecule has 3 nitrogen and oxygen atoms in total. The van der Waals surface area contributed by atoms with Crippen molar-refractivity contribution in [1.82, 2.24) is 4.98 Å². The second-order valence-corrected chi connectivity index (χ2v) is 5.43. The smallest absolute Gasteiger partial charge is 0.120 e. The number of hydrogen-bond donors (Lipinski definition) is 1. The number of hydrogen-bond acceptors (Lipinski definition) is 3. The van der Waals surface area contributed by atoms with E-state index in [2.05, 4.69) is 20.9 Å². The molecule has 0 bridgehead atoms. The highest BCUT2D eigenvalue weighted by atomic mass is 79.9. The molecule has 0 saturated heterocycles. The average Bonchev–Trinajstić information content (AvgIpc) is 2.40. The van der Waals surface area contributed by atoms with Crippen LogP contribution in [0.3, 0.4) is 0 Å². The van der Waals surface area contributed by atoms with Crippen molar-refractivity contribution >= 4 is 15.9 Å². The first-order chi connectivity index (χ1) is 9.15. The molecule has 0 saturated carbocycles. The predicted molar refractivity (Wildman–Crippen MR) is 80.1 cm³/mol. The van der Waals surface area contributed by atoms with E-state index < -0.39 is 0 Å². The number of halogens is 1. The molecule has 0 aliphatic carbocycles. The van der Waals surface area contributed by atoms with E-state index in [1.165, 1.54) is 5.56 Å². The Balaban J connectivity index is 2.04. The molecule has 2 aromatic rings. The Kier molecular flexibility index (Phi) is 4.93. The van der Waals surface area contributed by atoms with Gasteiger partial charge in [-0.15, -0.1) is 0 Å². The van der Waals surface area contributed by atoms with Crippen LogP contribution in [0.4, 0.5) is 0 Å². The Morgan fingerprint density at radius 3 is 2.68 bits per heavy atom. The minimum atomic E-state index is 0.131. The maximum absolute atomic E-state index is 5.84. The summed E-state index contributed by atoms with van der Waals surface area (Å²) in [5.74, 6) is 0.857. The van der Waals surface area contributed by atoms with Gasteiger partial charge in [-0.2, -0.15) is 0 Å². The third kappa shape index (κ3) is 4.33. The van der Waals surface area contributed by atoms with E-state index in [1.54, 1.807) is 12.4 Å². The zero-order chi connectivity index (χ0) is 13.7. The van der Waals surface area contributed by atoms with Crippen molar-refractivity contribution in [2.75, 3.05) is 0 Å². The van der Waals surface area contributed by atoms with Gasteiger partial charge in [0.15, 0.2) is 0 Å². The van der Waals surface area contributed by atoms with Crippen molar-refractivity contribution in [3.63, 3.8) is 0 Å². The molecule has 100 valence electrons. The summed E-state index contributed by atoms with van der Waals surface area (Å²) in [6.07, 6.45) is 4.36. The second kappa shape index (κ2) is 6.68. The Morgan fingerprint density at radius 2 is 2.00 bits per heavy atom. The first-order valence-corrected chi connectivity index (χ1v) is 7.00. The molecular formula is C15H17BrN2O. The third-order valence-corrected chi connectivity index (χ3v) is 3.49. The molecule has 1 aromatic carbocycles. The first-order valence-electron chi connectivity index (χ1n) is 6.21. The lowest BCUT2D eigenvalue weighted by Gasteiger charge is -2.11. The molecule has 2 N–H and O–H groups in total. The normalized spacial score (nSPS) is 12.2. The van der Waals surface area contributed by atoms with Gasteiger partial charge in [-0.3, -0.25) is 4.98 Å². The van der Waals surface area contributed by atoms with Crippen molar-refractivity contribution in [3.8, 4) is 5.75 Å². The molecule has 0 amide bonds. The molecule has 1 heterocycles. The van der Waals surface area contributed by atoms with Gasteiger partial charge in [0.05, 0.1) is 0 Å². The largest absolute Gasteiger partial charge is 0.489 e. The lowest BCUT2D eigenvalue weighted by atomic mass is 10.1. The van der Waals surface area contributed by atoms with Crippen LogP contribution in [-0.2, 0) is 13.0 Å². The molecule has 1 atom stereocenters. The van der Waals surface area contributed by atoms with Gasteiger partial charge in [0, 0.05) is 22.9 Å². The van der Waals surface area contributed by atoms with E-state index >= 15 is 0 Å². The summed E-state index contributed by atoms with van der Waals surface area (Å²) in [5, 5.41) is 0. The average molecular weight is 321 g/mol. The lowest BCUT2D eigenvalue weighted by Crippen LogP contribution is -2.18. The van der Waals surface area contributed by atoms with Gasteiger partial charge in [0.1, 0.15) is 12.4 Å². The fraction of sp³-hybridized carbons (Fsp3) is 0.267. The molecule has 19 heavy (non-hydrogen) atoms. The van der Waals surface area contributed by atoms with E-state index in [0.29, 0.717) is 6.61 Å². The zero-order valence-electron chi connectivity index (χ0n) is 10.8. The van der Waals surface area contributed by atoms with Crippen LogP contribution in [0, 0.1) is 0 Å². The van der Waals surface area contributed by atoms with Crippen molar-refractivity contribution in [1.29, 1.82) is 0 Å². The first kappa shape index (κ1) is 14.0. The highest BCUT2D eigenvalue weighted by Crippen LogP contribution is 2.24. The number of nitrogens with zero attached hydrogens (tertiary/aromatic N) is 1. The highest BCUT2D eigenvalue weighted by molar-refractivity contribution is 9.10. The maximum Gasteiger partial charge on any atom is 0.120 e. The molecular weight excluding hydrogens is 304 g/mol. The van der Waals surface area contributed by atoms with Gasteiger partial charge in [-0.25, -0.2) is 0 Å². The van der Waals surface area contributed by atoms with Crippen molar-refractivity contribution < 1.29 is 4.74 Å². The summed E-state index contributed by atoms with van der Waals surface area (Å²) in [7, 11) is 0. The number of benzene rings is 1. The van der Waals surface area contributed by atoms with Crippen molar-refractivity contribution in [3.05, 3.63) is 58.3 Å². The zero-order valence-corrected chi connectivity index (χ0v) is 12.4. The van der Waals surface area contributed by atoms with Crippen LogP contribution in [0.2, 0.25) is 0 Å². The predicted octanol–water partition coefficient (Wildman–Crippen LogP) is 3.31. The van der Waals surface area contributed by atoms with Crippen molar-refractivity contribution in [2.24, 2.45) is 5.73 Å². The summed E-state index contributed by atoms with van der Waals surface area (Å²) >= 11 is 3.54. The van der Waals surface area contributed by atoms with Crippen LogP contribution in [0.1, 0.15) is 18.1 Å². The van der Waals surface area contributed by atoms with Crippen LogP contribution in [0.15, 0.2) is 47.2 Å². The quantitative estimate of drug-likeness (QED) is 0.919. The van der Waals surface area contributed by atoms with E-state index in [4.69, 9.17) is 10.5 Å². The molecule has 4 heteroatoms. The van der Waals surface area contributed by atoms with Crippen LogP contribution in [-0.4, -0.2) is 11.0 Å². The minimum Gasteiger partial charge on any atom is -0.489 e. The lowest BCUT2D eigenvalue weighted by molar-refractivity contribution is 0.305. The standard InChI is InChI=1S/C15H17BrN2O/c1-11(17)8-13-9-14(2-3-15(13)16)19-10-12-4-6-18-7-5-12/h2-7,9,11H,8,10,17H2,1H3. The SMILES string of the molecule is CC(N)Cc1cc(OCc2ccncc2)ccc1Br. The molecule has 0 aliphatic rings. The van der Waals surface area contributed by atoms with Crippen LogP contribution < -0.4 is 10.5 Å². The van der Waals surface area contributed by atoms with Gasteiger partial charge in [0.2, 0.25) is 0 Å². The molecule has 1 unspecified atom stereocenters. The number of aromatic nitrogens is 1. The molecule has 2 rings (SSSR count). The van der Waals surface area contributed by atoms with Crippen LogP contribution in [0.25, 0.3) is 0 Å². The van der Waals surface area contributed by atoms with Crippen LogP contribution in [0.5, 0.6) is 5.75 Å². The second-order valence-electron chi connectivity index (χ2n) is 4.58. The van der Waals surface area contributed by atoms with Gasteiger partial charge >= 0.3 is 0 Å². The van der Waals surface area contributed by atoms with E-state index in [1.807, 2.05) is 37.3 Å². The van der Waals surface area contributed by atoms with Gasteiger partial charge in [-0.1, -0.05) is 15.9 Å². The Bertz CT molecular complexity index is 529. The number of ether oxygens (including phenoxy) is 1. The third-order valence-electron chi connectivity index (χ3n) is 2.71. The number of nitrogens with two attached hydrogens (primary N) is 1. The summed E-state index contributed by atoms with van der Waals surface area (Å²) in [6, 6.07) is 10.0. The van der Waals surface area contributed by atoms with Gasteiger partial charge < -0.3 is 10.5 Å². The molecule has 0 spiro atoms. The maximum atomic E-state index is 5.84. The monoisotopic (exact) mass is 320 g/mol. The molecule has 0 fully saturated rings. The Labute approximate surface area is 121 Å². The number of pyridine rings is 1. The number of rotatable bonds is 5. The van der Waals surface area contributed by atoms with E-state index in [-0.39, 0.29) is 6.04 Å². The molecule has 1 aromatic heterocycles. The minimum absolute atomic E-state index is 0.131. The topological polar surface area (TPSA) is 48.1 Å². The molecule has 0 aliphatic heterocycles. The summed E-state index contributed by atoms with van der Waals surface area (Å²) in [5.41, 5.74) is 8.11. The Hall–Kier alpha value is -1.39. The Morgan fingerprint density at radius 1 is 1.26 bits per heavy atom. The summed E-state index contributed by atoms with van der Waals surface area (Å²) in [6.45, 7) is 2.54. The highest BCUT2D eigenvalue weighted by Gasteiger charge is 2.05. The fourth-order valence-electron chi connectivity index (χ4n) is 1.79. The summed E-state index contributed by atoms with van der Waals surface area (Å²) in [4.78, 5) is 3.98. The van der Waals surface area contributed by atoms with Crippen molar-refractivity contribution in [2.45, 2.75) is 26.0 Å². The van der Waals surface area contributed by atoms with Gasteiger partial charge in [-0.05, 0) is 54.8 Å². The summed E-state index contributed by atoms with van der Waals surface area (Å²) < 4.78 is 6.85. The molecule has 0 radical (unpaired) electrons.